The number of nitrogens with one attached hydrogen (secondary N) is 1. The van der Waals surface area contributed by atoms with Gasteiger partial charge in [-0.1, -0.05) is 31.5 Å². The molecule has 1 aromatic carbocycles. The van der Waals surface area contributed by atoms with Crippen LogP contribution in [0.3, 0.4) is 0 Å². The van der Waals surface area contributed by atoms with Crippen LogP contribution in [0.15, 0.2) is 30.3 Å². The zero-order chi connectivity index (χ0) is 19.2. The molecule has 1 N–H and O–H groups in total. The van der Waals surface area contributed by atoms with E-state index in [4.69, 9.17) is 4.74 Å². The number of ether oxygens (including phenoxy) is 1. The second kappa shape index (κ2) is 9.03. The molecule has 1 aliphatic rings. The van der Waals surface area contributed by atoms with Crippen LogP contribution in [0.2, 0.25) is 0 Å². The summed E-state index contributed by atoms with van der Waals surface area (Å²) in [5, 5.41) is 6.76. The topological polar surface area (TPSA) is 61.9 Å². The smallest absolute Gasteiger partial charge is 0.424 e. The lowest BCUT2D eigenvalue weighted by atomic mass is 10.2. The fourth-order valence-electron chi connectivity index (χ4n) is 2.91. The summed E-state index contributed by atoms with van der Waals surface area (Å²) in [5.41, 5.74) is 0.128. The maximum absolute atomic E-state index is 12.6. The summed E-state index contributed by atoms with van der Waals surface area (Å²) in [6.45, 7) is 9.68. The number of hydrogen-bond acceptors (Lipinski definition) is 4. The zero-order valence-electron chi connectivity index (χ0n) is 16.3. The van der Waals surface area contributed by atoms with Gasteiger partial charge in [0.15, 0.2) is 0 Å². The first kappa shape index (κ1) is 20.2. The van der Waals surface area contributed by atoms with Crippen molar-refractivity contribution in [1.29, 1.82) is 0 Å². The van der Waals surface area contributed by atoms with E-state index in [2.05, 4.69) is 12.2 Å². The Morgan fingerprint density at radius 2 is 1.96 bits per heavy atom. The lowest BCUT2D eigenvalue weighted by Gasteiger charge is -2.33. The standard InChI is InChI=1S/C20H31N3O3/c1-5-6-13-23(19(25)26-20(2,3)4)22-14-12-17(15-22)21-18(24)16-10-8-7-9-11-16/h7-11,17H,5-6,12-15H2,1-4H3,(H,21,24)/t17-/m0/s1. The number of carbonyl (C=O) groups excluding carboxylic acids is 2. The molecule has 1 aliphatic heterocycles. The van der Waals surface area contributed by atoms with Crippen LogP contribution in [0, 0.1) is 0 Å². The molecule has 6 heteroatoms. The summed E-state index contributed by atoms with van der Waals surface area (Å²) in [5.74, 6) is -0.0742. The minimum atomic E-state index is -0.526. The molecule has 0 saturated carbocycles. The first-order chi connectivity index (χ1) is 12.3. The van der Waals surface area contributed by atoms with E-state index in [-0.39, 0.29) is 18.0 Å². The highest BCUT2D eigenvalue weighted by Crippen LogP contribution is 2.18. The molecule has 0 bridgehead atoms. The van der Waals surface area contributed by atoms with Crippen molar-refractivity contribution in [3.63, 3.8) is 0 Å². The number of carbonyl (C=O) groups is 2. The van der Waals surface area contributed by atoms with E-state index >= 15 is 0 Å². The SMILES string of the molecule is CCCCN(C(=O)OC(C)(C)C)N1CC[C@H](NC(=O)c2ccccc2)C1. The fourth-order valence-corrected chi connectivity index (χ4v) is 2.91. The summed E-state index contributed by atoms with van der Waals surface area (Å²) in [7, 11) is 0. The van der Waals surface area contributed by atoms with Crippen LogP contribution in [-0.2, 0) is 4.74 Å². The van der Waals surface area contributed by atoms with E-state index in [0.717, 1.165) is 25.8 Å². The van der Waals surface area contributed by atoms with Crippen molar-refractivity contribution in [3.8, 4) is 0 Å². The first-order valence-electron chi connectivity index (χ1n) is 9.41. The molecule has 0 spiro atoms. The molecule has 0 aliphatic carbocycles. The summed E-state index contributed by atoms with van der Waals surface area (Å²) in [6, 6.07) is 9.22. The zero-order valence-corrected chi connectivity index (χ0v) is 16.3. The lowest BCUT2D eigenvalue weighted by molar-refractivity contribution is -0.0416. The van der Waals surface area contributed by atoms with Gasteiger partial charge in [-0.3, -0.25) is 4.79 Å². The van der Waals surface area contributed by atoms with E-state index in [0.29, 0.717) is 18.7 Å². The molecule has 1 aromatic rings. The van der Waals surface area contributed by atoms with Crippen LogP contribution in [-0.4, -0.2) is 53.3 Å². The van der Waals surface area contributed by atoms with Crippen LogP contribution in [0.4, 0.5) is 4.79 Å². The van der Waals surface area contributed by atoms with Gasteiger partial charge in [0.2, 0.25) is 0 Å². The van der Waals surface area contributed by atoms with E-state index in [9.17, 15) is 9.59 Å². The van der Waals surface area contributed by atoms with Crippen molar-refractivity contribution < 1.29 is 14.3 Å². The number of rotatable bonds is 6. The van der Waals surface area contributed by atoms with Crippen molar-refractivity contribution in [2.75, 3.05) is 19.6 Å². The molecule has 6 nitrogen and oxygen atoms in total. The van der Waals surface area contributed by atoms with Crippen LogP contribution >= 0.6 is 0 Å². The van der Waals surface area contributed by atoms with E-state index < -0.39 is 5.60 Å². The molecule has 0 unspecified atom stereocenters. The lowest BCUT2D eigenvalue weighted by Crippen LogP contribution is -2.49. The third kappa shape index (κ3) is 6.02. The van der Waals surface area contributed by atoms with Crippen LogP contribution < -0.4 is 5.32 Å². The Kier molecular flexibility index (Phi) is 7.03. The molecule has 0 aromatic heterocycles. The molecule has 144 valence electrons. The number of hydrazine groups is 1. The Bertz CT molecular complexity index is 598. The predicted molar refractivity (Wildman–Crippen MR) is 102 cm³/mol. The Morgan fingerprint density at radius 1 is 1.27 bits per heavy atom. The third-order valence-electron chi connectivity index (χ3n) is 4.21. The second-order valence-electron chi connectivity index (χ2n) is 7.69. The van der Waals surface area contributed by atoms with Crippen molar-refractivity contribution in [2.45, 2.75) is 58.6 Å². The Balaban J connectivity index is 1.96. The highest BCUT2D eigenvalue weighted by Gasteiger charge is 2.32. The summed E-state index contributed by atoms with van der Waals surface area (Å²) in [6.07, 6.45) is 2.41. The van der Waals surface area contributed by atoms with Crippen molar-refractivity contribution in [3.05, 3.63) is 35.9 Å². The quantitative estimate of drug-likeness (QED) is 0.843. The molecule has 1 fully saturated rings. The van der Waals surface area contributed by atoms with Gasteiger partial charge in [-0.25, -0.2) is 14.8 Å². The maximum atomic E-state index is 12.6. The normalized spacial score (nSPS) is 17.8. The van der Waals surface area contributed by atoms with Gasteiger partial charge in [0.1, 0.15) is 5.60 Å². The number of hydrogen-bond donors (Lipinski definition) is 1. The molecule has 26 heavy (non-hydrogen) atoms. The van der Waals surface area contributed by atoms with Gasteiger partial charge in [-0.15, -0.1) is 0 Å². The van der Waals surface area contributed by atoms with Gasteiger partial charge >= 0.3 is 6.09 Å². The van der Waals surface area contributed by atoms with Gasteiger partial charge in [0, 0.05) is 31.2 Å². The van der Waals surface area contributed by atoms with Crippen molar-refractivity contribution >= 4 is 12.0 Å². The van der Waals surface area contributed by atoms with Gasteiger partial charge in [0.05, 0.1) is 0 Å². The molecular weight excluding hydrogens is 330 g/mol. The highest BCUT2D eigenvalue weighted by molar-refractivity contribution is 5.94. The van der Waals surface area contributed by atoms with Gasteiger partial charge in [0.25, 0.3) is 5.91 Å². The second-order valence-corrected chi connectivity index (χ2v) is 7.69. The van der Waals surface area contributed by atoms with E-state index in [1.54, 1.807) is 17.1 Å². The highest BCUT2D eigenvalue weighted by atomic mass is 16.6. The summed E-state index contributed by atoms with van der Waals surface area (Å²) < 4.78 is 5.55. The van der Waals surface area contributed by atoms with Crippen molar-refractivity contribution in [2.24, 2.45) is 0 Å². The van der Waals surface area contributed by atoms with E-state index in [1.165, 1.54) is 0 Å². The van der Waals surface area contributed by atoms with Gasteiger partial charge < -0.3 is 10.1 Å². The molecule has 1 saturated heterocycles. The Morgan fingerprint density at radius 3 is 2.58 bits per heavy atom. The first-order valence-corrected chi connectivity index (χ1v) is 9.41. The molecule has 1 heterocycles. The Labute approximate surface area is 156 Å². The van der Waals surface area contributed by atoms with Crippen LogP contribution in [0.1, 0.15) is 57.3 Å². The fraction of sp³-hybridized carbons (Fsp3) is 0.600. The van der Waals surface area contributed by atoms with Gasteiger partial charge in [-0.05, 0) is 45.7 Å². The minimum Gasteiger partial charge on any atom is -0.443 e. The third-order valence-corrected chi connectivity index (χ3v) is 4.21. The van der Waals surface area contributed by atoms with E-state index in [1.807, 2.05) is 44.0 Å². The maximum Gasteiger partial charge on any atom is 0.424 e. The average Bonchev–Trinajstić information content (AvgIpc) is 3.02. The number of amides is 2. The summed E-state index contributed by atoms with van der Waals surface area (Å²) >= 11 is 0. The number of nitrogens with zero attached hydrogens (tertiary/aromatic N) is 2. The number of unbranched alkanes of at least 4 members (excludes halogenated alkanes) is 1. The van der Waals surface area contributed by atoms with Crippen molar-refractivity contribution in [1.82, 2.24) is 15.3 Å². The predicted octanol–water partition coefficient (Wildman–Crippen LogP) is 3.44. The minimum absolute atomic E-state index is 0.0225. The average molecular weight is 361 g/mol. The van der Waals surface area contributed by atoms with Gasteiger partial charge in [-0.2, -0.15) is 0 Å². The van der Waals surface area contributed by atoms with Crippen LogP contribution in [0.5, 0.6) is 0 Å². The monoisotopic (exact) mass is 361 g/mol. The largest absolute Gasteiger partial charge is 0.443 e. The molecule has 0 radical (unpaired) electrons. The number of benzene rings is 1. The van der Waals surface area contributed by atoms with Crippen LogP contribution in [0.25, 0.3) is 0 Å². The molecular formula is C20H31N3O3. The molecule has 2 amide bonds. The molecule has 2 rings (SSSR count). The summed E-state index contributed by atoms with van der Waals surface area (Å²) in [4.78, 5) is 24.9. The Hall–Kier alpha value is -2.08. The molecule has 1 atom stereocenters.